The molecule has 2 bridgehead atoms. The van der Waals surface area contributed by atoms with Gasteiger partial charge in [-0.1, -0.05) is 41.5 Å². The van der Waals surface area contributed by atoms with Crippen LogP contribution in [-0.2, 0) is 9.53 Å². The predicted octanol–water partition coefficient (Wildman–Crippen LogP) is 4.22. The maximum absolute atomic E-state index is 13.2. The van der Waals surface area contributed by atoms with Gasteiger partial charge in [-0.25, -0.2) is 0 Å². The van der Waals surface area contributed by atoms with Gasteiger partial charge >= 0.3 is 5.97 Å². The lowest BCUT2D eigenvalue weighted by Gasteiger charge is -2.57. The highest BCUT2D eigenvalue weighted by molar-refractivity contribution is 5.77. The summed E-state index contributed by atoms with van der Waals surface area (Å²) in [5.74, 6) is 0.0785. The standard InChI is InChI=1S/C21H38O4/c1-8-18(7,17(4,5)6)16(22)25-21-11-15(3)10-20(24,14-21)12-19(23,9-2)13-21/h15,23-24H,8-14H2,1-7H3. The van der Waals surface area contributed by atoms with Crippen molar-refractivity contribution >= 4 is 5.97 Å². The zero-order valence-corrected chi connectivity index (χ0v) is 17.2. The molecule has 4 nitrogen and oxygen atoms in total. The maximum atomic E-state index is 13.2. The van der Waals surface area contributed by atoms with Crippen LogP contribution in [0.25, 0.3) is 0 Å². The van der Waals surface area contributed by atoms with E-state index in [0.29, 0.717) is 44.9 Å². The van der Waals surface area contributed by atoms with E-state index >= 15 is 0 Å². The molecule has 2 N–H and O–H groups in total. The molecule has 2 saturated carbocycles. The molecule has 0 heterocycles. The minimum absolute atomic E-state index is 0.195. The number of aliphatic hydroxyl groups is 2. The van der Waals surface area contributed by atoms with Gasteiger partial charge in [-0.15, -0.1) is 0 Å². The highest BCUT2D eigenvalue weighted by atomic mass is 16.6. The van der Waals surface area contributed by atoms with Crippen LogP contribution in [0.15, 0.2) is 0 Å². The highest BCUT2D eigenvalue weighted by Gasteiger charge is 2.59. The van der Waals surface area contributed by atoms with Crippen LogP contribution in [0, 0.1) is 16.7 Å². The SMILES string of the molecule is CCC1(O)CC2(O)CC(C)CC(OC(=O)C(C)(CC)C(C)(C)C)(C1)C2. The van der Waals surface area contributed by atoms with Crippen molar-refractivity contribution in [3.8, 4) is 0 Å². The molecule has 5 atom stereocenters. The first kappa shape index (κ1) is 20.7. The van der Waals surface area contributed by atoms with Crippen molar-refractivity contribution in [2.45, 2.75) is 110 Å². The van der Waals surface area contributed by atoms with E-state index in [9.17, 15) is 15.0 Å². The Morgan fingerprint density at radius 1 is 1.08 bits per heavy atom. The molecule has 5 unspecified atom stereocenters. The van der Waals surface area contributed by atoms with Crippen molar-refractivity contribution < 1.29 is 19.7 Å². The number of carbonyl (C=O) groups excluding carboxylic acids is 1. The summed E-state index contributed by atoms with van der Waals surface area (Å²) in [4.78, 5) is 13.2. The average Bonchev–Trinajstić information content (AvgIpc) is 2.41. The molecule has 2 fully saturated rings. The first-order valence-electron chi connectivity index (χ1n) is 9.90. The molecule has 0 aromatic rings. The van der Waals surface area contributed by atoms with Gasteiger partial charge in [-0.3, -0.25) is 4.79 Å². The fourth-order valence-corrected chi connectivity index (χ4v) is 5.30. The third-order valence-electron chi connectivity index (χ3n) is 7.19. The van der Waals surface area contributed by atoms with Gasteiger partial charge in [0.25, 0.3) is 0 Å². The number of hydrogen-bond acceptors (Lipinski definition) is 4. The van der Waals surface area contributed by atoms with E-state index in [4.69, 9.17) is 4.74 Å². The molecule has 25 heavy (non-hydrogen) atoms. The lowest BCUT2D eigenvalue weighted by Crippen LogP contribution is -2.62. The molecule has 0 aliphatic heterocycles. The van der Waals surface area contributed by atoms with Gasteiger partial charge in [0, 0.05) is 19.3 Å². The van der Waals surface area contributed by atoms with Crippen LogP contribution in [0.1, 0.15) is 93.4 Å². The Morgan fingerprint density at radius 2 is 1.68 bits per heavy atom. The van der Waals surface area contributed by atoms with Crippen LogP contribution in [0.2, 0.25) is 0 Å². The van der Waals surface area contributed by atoms with Crippen molar-refractivity contribution in [1.29, 1.82) is 0 Å². The van der Waals surface area contributed by atoms with Gasteiger partial charge in [0.05, 0.1) is 16.6 Å². The van der Waals surface area contributed by atoms with Gasteiger partial charge in [0.1, 0.15) is 5.60 Å². The lowest BCUT2D eigenvalue weighted by atomic mass is 9.57. The Morgan fingerprint density at radius 3 is 2.16 bits per heavy atom. The van der Waals surface area contributed by atoms with E-state index in [0.717, 1.165) is 0 Å². The normalized spacial score (nSPS) is 41.1. The van der Waals surface area contributed by atoms with Crippen molar-refractivity contribution in [2.75, 3.05) is 0 Å². The highest BCUT2D eigenvalue weighted by Crippen LogP contribution is 2.55. The summed E-state index contributed by atoms with van der Waals surface area (Å²) in [6.07, 6.45) is 3.90. The van der Waals surface area contributed by atoms with Crippen molar-refractivity contribution in [1.82, 2.24) is 0 Å². The van der Waals surface area contributed by atoms with E-state index in [1.54, 1.807) is 0 Å². The Hall–Kier alpha value is -0.610. The zero-order chi connectivity index (χ0) is 19.3. The van der Waals surface area contributed by atoms with Gasteiger partial charge in [-0.2, -0.15) is 0 Å². The third kappa shape index (κ3) is 3.75. The largest absolute Gasteiger partial charge is 0.458 e. The van der Waals surface area contributed by atoms with E-state index in [1.165, 1.54) is 0 Å². The van der Waals surface area contributed by atoms with Crippen LogP contribution in [0.4, 0.5) is 0 Å². The average molecular weight is 355 g/mol. The number of ether oxygens (including phenoxy) is 1. The number of rotatable bonds is 4. The van der Waals surface area contributed by atoms with Gasteiger partial charge in [-0.05, 0) is 43.9 Å². The van der Waals surface area contributed by atoms with Gasteiger partial charge < -0.3 is 14.9 Å². The maximum Gasteiger partial charge on any atom is 0.312 e. The summed E-state index contributed by atoms with van der Waals surface area (Å²) >= 11 is 0. The van der Waals surface area contributed by atoms with Crippen LogP contribution >= 0.6 is 0 Å². The zero-order valence-electron chi connectivity index (χ0n) is 17.2. The molecule has 0 saturated heterocycles. The molecule has 146 valence electrons. The second-order valence-electron chi connectivity index (χ2n) is 10.4. The number of carbonyl (C=O) groups is 1. The summed E-state index contributed by atoms with van der Waals surface area (Å²) in [7, 11) is 0. The van der Waals surface area contributed by atoms with Crippen LogP contribution in [0.3, 0.4) is 0 Å². The predicted molar refractivity (Wildman–Crippen MR) is 99.1 cm³/mol. The van der Waals surface area contributed by atoms with Gasteiger partial charge in [0.15, 0.2) is 0 Å². The Balaban J connectivity index is 2.36. The molecular formula is C21H38O4. The number of esters is 1. The fraction of sp³-hybridized carbons (Fsp3) is 0.952. The monoisotopic (exact) mass is 354 g/mol. The molecule has 2 aliphatic rings. The first-order valence-corrected chi connectivity index (χ1v) is 9.90. The summed E-state index contributed by atoms with van der Waals surface area (Å²) in [6.45, 7) is 14.2. The topological polar surface area (TPSA) is 66.8 Å². The molecule has 0 spiro atoms. The summed E-state index contributed by atoms with van der Waals surface area (Å²) in [6, 6.07) is 0. The lowest BCUT2D eigenvalue weighted by molar-refractivity contribution is -0.235. The molecule has 0 aromatic carbocycles. The van der Waals surface area contributed by atoms with E-state index in [-0.39, 0.29) is 17.3 Å². The van der Waals surface area contributed by atoms with Crippen molar-refractivity contribution in [3.05, 3.63) is 0 Å². The molecular weight excluding hydrogens is 316 g/mol. The van der Waals surface area contributed by atoms with Crippen LogP contribution in [-0.4, -0.2) is 33.0 Å². The van der Waals surface area contributed by atoms with Gasteiger partial charge in [0.2, 0.25) is 0 Å². The molecule has 0 amide bonds. The fourth-order valence-electron chi connectivity index (χ4n) is 5.30. The Labute approximate surface area is 153 Å². The van der Waals surface area contributed by atoms with Crippen LogP contribution < -0.4 is 0 Å². The van der Waals surface area contributed by atoms with E-state index in [2.05, 4.69) is 27.7 Å². The van der Waals surface area contributed by atoms with Crippen molar-refractivity contribution in [3.63, 3.8) is 0 Å². The van der Waals surface area contributed by atoms with Crippen LogP contribution in [0.5, 0.6) is 0 Å². The second-order valence-corrected chi connectivity index (χ2v) is 10.4. The number of fused-ring (bicyclic) bond motifs is 2. The first-order chi connectivity index (χ1) is 11.2. The smallest absolute Gasteiger partial charge is 0.312 e. The minimum atomic E-state index is -0.961. The minimum Gasteiger partial charge on any atom is -0.458 e. The molecule has 0 radical (unpaired) electrons. The quantitative estimate of drug-likeness (QED) is 0.742. The molecule has 2 rings (SSSR count). The Bertz CT molecular complexity index is 524. The summed E-state index contributed by atoms with van der Waals surface area (Å²) < 4.78 is 6.21. The third-order valence-corrected chi connectivity index (χ3v) is 7.19. The van der Waals surface area contributed by atoms with E-state index < -0.39 is 22.2 Å². The Kier molecular flexibility index (Phi) is 5.16. The summed E-state index contributed by atoms with van der Waals surface area (Å²) in [5.41, 5.74) is -3.47. The molecule has 0 aromatic heterocycles. The van der Waals surface area contributed by atoms with Crippen molar-refractivity contribution in [2.24, 2.45) is 16.7 Å². The number of hydrogen-bond donors (Lipinski definition) is 2. The van der Waals surface area contributed by atoms with E-state index in [1.807, 2.05) is 20.8 Å². The molecule has 4 heteroatoms. The molecule has 2 aliphatic carbocycles. The summed E-state index contributed by atoms with van der Waals surface area (Å²) in [5, 5.41) is 22.1. The second kappa shape index (κ2) is 6.23.